The lowest BCUT2D eigenvalue weighted by Crippen LogP contribution is -2.17. The van der Waals surface area contributed by atoms with Gasteiger partial charge in [0.15, 0.2) is 0 Å². The highest BCUT2D eigenvalue weighted by Gasteiger charge is 2.14. The van der Waals surface area contributed by atoms with Crippen LogP contribution in [0.1, 0.15) is 34.1 Å². The molecule has 19 heavy (non-hydrogen) atoms. The van der Waals surface area contributed by atoms with Crippen LogP contribution in [0.5, 0.6) is 0 Å². The third kappa shape index (κ3) is 8.59. The molecule has 0 heterocycles. The maximum absolute atomic E-state index is 11.0. The molecule has 6 nitrogen and oxygen atoms in total. The zero-order valence-corrected chi connectivity index (χ0v) is 11.5. The summed E-state index contributed by atoms with van der Waals surface area (Å²) in [5.74, 6) is -1.44. The second kappa shape index (κ2) is 8.91. The monoisotopic (exact) mass is 270 g/mol. The number of ether oxygens (including phenoxy) is 3. The van der Waals surface area contributed by atoms with Crippen molar-refractivity contribution in [3.8, 4) is 0 Å². The Morgan fingerprint density at radius 1 is 1.00 bits per heavy atom. The number of esters is 3. The van der Waals surface area contributed by atoms with Crippen molar-refractivity contribution in [2.24, 2.45) is 0 Å². The molecule has 0 saturated heterocycles. The Morgan fingerprint density at radius 2 is 1.58 bits per heavy atom. The van der Waals surface area contributed by atoms with E-state index >= 15 is 0 Å². The van der Waals surface area contributed by atoms with Gasteiger partial charge in [0.1, 0.15) is 12.4 Å². The number of carbonyl (C=O) groups excluding carboxylic acids is 3. The first kappa shape index (κ1) is 16.9. The van der Waals surface area contributed by atoms with Crippen LogP contribution in [0.3, 0.4) is 0 Å². The summed E-state index contributed by atoms with van der Waals surface area (Å²) in [4.78, 5) is 32.4. The zero-order chi connectivity index (χ0) is 14.8. The summed E-state index contributed by atoms with van der Waals surface area (Å²) in [6, 6.07) is 0. The van der Waals surface area contributed by atoms with Crippen LogP contribution in [0, 0.1) is 0 Å². The predicted octanol–water partition coefficient (Wildman–Crippen LogP) is 1.85. The summed E-state index contributed by atoms with van der Waals surface area (Å²) in [7, 11) is 0. The Balaban J connectivity index is 4.95. The highest BCUT2D eigenvalue weighted by molar-refractivity contribution is 5.68. The first-order chi connectivity index (χ1) is 8.86. The van der Waals surface area contributed by atoms with Gasteiger partial charge >= 0.3 is 17.9 Å². The van der Waals surface area contributed by atoms with E-state index in [9.17, 15) is 14.4 Å². The molecule has 0 bridgehead atoms. The predicted molar refractivity (Wildman–Crippen MR) is 66.6 cm³/mol. The van der Waals surface area contributed by atoms with E-state index in [2.05, 4.69) is 4.74 Å². The van der Waals surface area contributed by atoms with Gasteiger partial charge in [-0.2, -0.15) is 0 Å². The van der Waals surface area contributed by atoms with E-state index in [-0.39, 0.29) is 0 Å². The summed E-state index contributed by atoms with van der Waals surface area (Å²) < 4.78 is 14.4. The number of hydrogen-bond donors (Lipinski definition) is 0. The summed E-state index contributed by atoms with van der Waals surface area (Å²) in [5.41, 5.74) is 0.411. The van der Waals surface area contributed by atoms with Crippen LogP contribution in [-0.4, -0.2) is 24.0 Å². The fraction of sp³-hybridized carbons (Fsp3) is 0.462. The molecule has 1 atom stereocenters. The molecule has 0 aromatic carbocycles. The Bertz CT molecular complexity index is 394. The second-order valence-corrected chi connectivity index (χ2v) is 3.65. The smallest absolute Gasteiger partial charge is 0.307 e. The van der Waals surface area contributed by atoms with Gasteiger partial charge in [0.25, 0.3) is 0 Å². The zero-order valence-electron chi connectivity index (χ0n) is 11.5. The van der Waals surface area contributed by atoms with Gasteiger partial charge in [-0.1, -0.05) is 6.92 Å². The van der Waals surface area contributed by atoms with Crippen molar-refractivity contribution < 1.29 is 28.6 Å². The molecule has 0 aliphatic carbocycles. The minimum absolute atomic E-state index is 0.411. The molecule has 0 N–H and O–H groups in total. The molecular weight excluding hydrogens is 252 g/mol. The largest absolute Gasteiger partial charge is 0.458 e. The minimum atomic E-state index is -0.580. The molecule has 0 amide bonds. The van der Waals surface area contributed by atoms with Crippen LogP contribution in [0.2, 0.25) is 0 Å². The van der Waals surface area contributed by atoms with Gasteiger partial charge in [-0.25, -0.2) is 0 Å². The minimum Gasteiger partial charge on any atom is -0.458 e. The molecule has 0 radical (unpaired) electrons. The molecule has 0 fully saturated rings. The average molecular weight is 270 g/mol. The van der Waals surface area contributed by atoms with E-state index in [4.69, 9.17) is 9.47 Å². The topological polar surface area (TPSA) is 78.9 Å². The molecule has 106 valence electrons. The molecule has 1 unspecified atom stereocenters. The number of rotatable bonds is 6. The highest BCUT2D eigenvalue weighted by atomic mass is 16.5. The quantitative estimate of drug-likeness (QED) is 0.317. The number of carbonyl (C=O) groups is 3. The van der Waals surface area contributed by atoms with Crippen molar-refractivity contribution >= 4 is 17.9 Å². The van der Waals surface area contributed by atoms with Crippen LogP contribution < -0.4 is 0 Å². The highest BCUT2D eigenvalue weighted by Crippen LogP contribution is 2.13. The lowest BCUT2D eigenvalue weighted by Gasteiger charge is -2.15. The first-order valence-corrected chi connectivity index (χ1v) is 5.75. The summed E-state index contributed by atoms with van der Waals surface area (Å²) in [6.07, 6.45) is 3.62. The van der Waals surface area contributed by atoms with E-state index in [1.54, 1.807) is 6.92 Å². The van der Waals surface area contributed by atoms with Crippen LogP contribution in [0.4, 0.5) is 0 Å². The van der Waals surface area contributed by atoms with Gasteiger partial charge in [-0.05, 0) is 12.5 Å². The van der Waals surface area contributed by atoms with Gasteiger partial charge in [-0.15, -0.1) is 0 Å². The molecular formula is C13H18O6. The van der Waals surface area contributed by atoms with Gasteiger partial charge < -0.3 is 14.2 Å². The van der Waals surface area contributed by atoms with Crippen molar-refractivity contribution in [1.29, 1.82) is 0 Å². The first-order valence-electron chi connectivity index (χ1n) is 5.75. The fourth-order valence-electron chi connectivity index (χ4n) is 1.17. The molecule has 6 heteroatoms. The SMILES string of the molecule is CCC(OC(C)=O)C(=C\OC(C)=O)/C=C/OC(C)=O. The van der Waals surface area contributed by atoms with Gasteiger partial charge in [0.2, 0.25) is 0 Å². The second-order valence-electron chi connectivity index (χ2n) is 3.65. The van der Waals surface area contributed by atoms with Crippen LogP contribution in [0.25, 0.3) is 0 Å². The maximum atomic E-state index is 11.0. The Kier molecular flexibility index (Phi) is 7.92. The molecule has 0 aromatic heterocycles. The van der Waals surface area contributed by atoms with Crippen LogP contribution >= 0.6 is 0 Å². The van der Waals surface area contributed by atoms with Crippen molar-refractivity contribution in [2.45, 2.75) is 40.2 Å². The van der Waals surface area contributed by atoms with Crippen LogP contribution in [-0.2, 0) is 28.6 Å². The Morgan fingerprint density at radius 3 is 2.00 bits per heavy atom. The molecule has 0 rings (SSSR count). The van der Waals surface area contributed by atoms with Crippen molar-refractivity contribution in [3.63, 3.8) is 0 Å². The van der Waals surface area contributed by atoms with Crippen LogP contribution in [0.15, 0.2) is 24.2 Å². The third-order valence-electron chi connectivity index (χ3n) is 1.91. The van der Waals surface area contributed by atoms with Gasteiger partial charge in [0.05, 0.1) is 6.26 Å². The van der Waals surface area contributed by atoms with Gasteiger partial charge in [0, 0.05) is 26.3 Å². The van der Waals surface area contributed by atoms with Crippen molar-refractivity contribution in [2.75, 3.05) is 0 Å². The lowest BCUT2D eigenvalue weighted by atomic mass is 10.1. The summed E-state index contributed by atoms with van der Waals surface area (Å²) >= 11 is 0. The summed E-state index contributed by atoms with van der Waals surface area (Å²) in [6.45, 7) is 5.58. The standard InChI is InChI=1S/C13H18O6/c1-5-13(19-11(4)16)12(8-18-10(3)15)6-7-17-9(2)14/h6-8,13H,5H2,1-4H3/b7-6+,12-8-. The van der Waals surface area contributed by atoms with Crippen molar-refractivity contribution in [1.82, 2.24) is 0 Å². The molecule has 0 aliphatic heterocycles. The molecule has 0 aromatic rings. The maximum Gasteiger partial charge on any atom is 0.307 e. The van der Waals surface area contributed by atoms with E-state index in [1.165, 1.54) is 33.1 Å². The Hall–Kier alpha value is -2.11. The van der Waals surface area contributed by atoms with E-state index < -0.39 is 24.0 Å². The fourth-order valence-corrected chi connectivity index (χ4v) is 1.17. The molecule has 0 spiro atoms. The van der Waals surface area contributed by atoms with Crippen molar-refractivity contribution in [3.05, 3.63) is 24.2 Å². The average Bonchev–Trinajstić information content (AvgIpc) is 2.29. The normalized spacial score (nSPS) is 12.9. The van der Waals surface area contributed by atoms with Gasteiger partial charge in [-0.3, -0.25) is 14.4 Å². The third-order valence-corrected chi connectivity index (χ3v) is 1.91. The molecule has 0 aliphatic rings. The van der Waals surface area contributed by atoms with E-state index in [0.29, 0.717) is 12.0 Å². The number of hydrogen-bond acceptors (Lipinski definition) is 6. The summed E-state index contributed by atoms with van der Waals surface area (Å²) in [5, 5.41) is 0. The lowest BCUT2D eigenvalue weighted by molar-refractivity contribution is -0.144. The van der Waals surface area contributed by atoms with E-state index in [1.807, 2.05) is 0 Å². The Labute approximate surface area is 112 Å². The van der Waals surface area contributed by atoms with E-state index in [0.717, 1.165) is 6.26 Å². The molecule has 0 saturated carbocycles.